The molecule has 1 aliphatic rings. The summed E-state index contributed by atoms with van der Waals surface area (Å²) in [7, 11) is -3.36. The van der Waals surface area contributed by atoms with E-state index in [1.54, 1.807) is 30.5 Å². The molecule has 1 aliphatic heterocycles. The summed E-state index contributed by atoms with van der Waals surface area (Å²) in [6.45, 7) is 3.32. The number of likely N-dealkylation sites (tertiary alicyclic amines) is 1. The van der Waals surface area contributed by atoms with Gasteiger partial charge in [0.25, 0.3) is 0 Å². The molecule has 1 N–H and O–H groups in total. The fourth-order valence-corrected chi connectivity index (χ4v) is 5.28. The number of hydrogen-bond donors (Lipinski definition) is 1. The number of thioether (sulfide) groups is 1. The predicted octanol–water partition coefficient (Wildman–Crippen LogP) is 3.45. The fourth-order valence-electron chi connectivity index (χ4n) is 3.89. The van der Waals surface area contributed by atoms with Gasteiger partial charge < -0.3 is 9.32 Å². The van der Waals surface area contributed by atoms with Gasteiger partial charge in [-0.05, 0) is 62.6 Å². The van der Waals surface area contributed by atoms with E-state index in [-0.39, 0.29) is 17.7 Å². The first-order valence-corrected chi connectivity index (χ1v) is 13.6. The standard InChI is InChI=1S/C22H27N5O4S2/c1-16-6-3-4-12-26(16)20(28)15-32-22-24-23-21(27(22)14-19-7-5-13-31-19)17-8-10-18(11-9-17)25-33(2,29)30/h5,7-11,13,16,25H,3-4,6,12,14-15H2,1-2H3/t16-/m1/s1. The molecule has 3 aromatic rings. The van der Waals surface area contributed by atoms with E-state index in [0.29, 0.717) is 23.2 Å². The third-order valence-electron chi connectivity index (χ3n) is 5.51. The molecule has 11 heteroatoms. The lowest BCUT2D eigenvalue weighted by Crippen LogP contribution is -2.43. The Labute approximate surface area is 197 Å². The topological polar surface area (TPSA) is 110 Å². The van der Waals surface area contributed by atoms with Gasteiger partial charge in [0.15, 0.2) is 11.0 Å². The number of benzene rings is 1. The van der Waals surface area contributed by atoms with Crippen LogP contribution >= 0.6 is 11.8 Å². The van der Waals surface area contributed by atoms with Crippen LogP contribution in [0.3, 0.4) is 0 Å². The van der Waals surface area contributed by atoms with Crippen LogP contribution in [-0.2, 0) is 21.4 Å². The summed E-state index contributed by atoms with van der Waals surface area (Å²) >= 11 is 1.36. The number of carbonyl (C=O) groups is 1. The lowest BCUT2D eigenvalue weighted by Gasteiger charge is -2.33. The molecule has 9 nitrogen and oxygen atoms in total. The van der Waals surface area contributed by atoms with Crippen LogP contribution in [0, 0.1) is 0 Å². The molecular formula is C22H27N5O4S2. The molecule has 0 saturated carbocycles. The highest BCUT2D eigenvalue weighted by Gasteiger charge is 2.24. The van der Waals surface area contributed by atoms with E-state index >= 15 is 0 Å². The molecule has 3 heterocycles. The van der Waals surface area contributed by atoms with Crippen LogP contribution in [0.1, 0.15) is 31.9 Å². The van der Waals surface area contributed by atoms with E-state index in [0.717, 1.165) is 43.4 Å². The summed E-state index contributed by atoms with van der Waals surface area (Å²) in [5.41, 5.74) is 1.24. The van der Waals surface area contributed by atoms with E-state index in [9.17, 15) is 13.2 Å². The molecule has 0 aliphatic carbocycles. The normalized spacial score (nSPS) is 16.7. The first kappa shape index (κ1) is 23.4. The first-order valence-electron chi connectivity index (χ1n) is 10.8. The molecule has 2 aromatic heterocycles. The van der Waals surface area contributed by atoms with Crippen molar-refractivity contribution in [2.75, 3.05) is 23.3 Å². The van der Waals surface area contributed by atoms with E-state index in [4.69, 9.17) is 4.42 Å². The number of rotatable bonds is 8. The van der Waals surface area contributed by atoms with Crippen molar-refractivity contribution in [2.24, 2.45) is 0 Å². The van der Waals surface area contributed by atoms with Crippen LogP contribution in [0.25, 0.3) is 11.4 Å². The smallest absolute Gasteiger partial charge is 0.233 e. The van der Waals surface area contributed by atoms with Crippen molar-refractivity contribution in [3.63, 3.8) is 0 Å². The van der Waals surface area contributed by atoms with E-state index in [1.165, 1.54) is 11.8 Å². The maximum atomic E-state index is 12.8. The number of amides is 1. The molecule has 33 heavy (non-hydrogen) atoms. The van der Waals surface area contributed by atoms with Crippen molar-refractivity contribution in [3.8, 4) is 11.4 Å². The third-order valence-corrected chi connectivity index (χ3v) is 7.06. The van der Waals surface area contributed by atoms with Crippen molar-refractivity contribution < 1.29 is 17.6 Å². The Morgan fingerprint density at radius 3 is 2.67 bits per heavy atom. The zero-order valence-electron chi connectivity index (χ0n) is 18.6. The van der Waals surface area contributed by atoms with Crippen molar-refractivity contribution >= 4 is 33.4 Å². The Hall–Kier alpha value is -2.79. The van der Waals surface area contributed by atoms with Gasteiger partial charge in [0.05, 0.1) is 24.8 Å². The van der Waals surface area contributed by atoms with Crippen LogP contribution in [0.4, 0.5) is 5.69 Å². The summed E-state index contributed by atoms with van der Waals surface area (Å²) < 4.78 is 32.8. The molecule has 0 radical (unpaired) electrons. The van der Waals surface area contributed by atoms with Crippen molar-refractivity contribution in [2.45, 2.75) is 43.9 Å². The second-order valence-electron chi connectivity index (χ2n) is 8.14. The highest BCUT2D eigenvalue weighted by Crippen LogP contribution is 2.27. The zero-order chi connectivity index (χ0) is 23.4. The molecule has 1 fully saturated rings. The number of piperidine rings is 1. The van der Waals surface area contributed by atoms with E-state index in [1.807, 2.05) is 21.6 Å². The lowest BCUT2D eigenvalue weighted by molar-refractivity contribution is -0.131. The molecular weight excluding hydrogens is 462 g/mol. The number of nitrogens with zero attached hydrogens (tertiary/aromatic N) is 4. The highest BCUT2D eigenvalue weighted by molar-refractivity contribution is 7.99. The number of aromatic nitrogens is 3. The van der Waals surface area contributed by atoms with Gasteiger partial charge in [0.2, 0.25) is 15.9 Å². The average molecular weight is 490 g/mol. The number of nitrogens with one attached hydrogen (secondary N) is 1. The summed E-state index contributed by atoms with van der Waals surface area (Å²) in [6.07, 6.45) is 5.97. The number of hydrogen-bond acceptors (Lipinski definition) is 7. The summed E-state index contributed by atoms with van der Waals surface area (Å²) in [4.78, 5) is 14.8. The van der Waals surface area contributed by atoms with Gasteiger partial charge in [-0.3, -0.25) is 14.1 Å². The maximum Gasteiger partial charge on any atom is 0.233 e. The number of sulfonamides is 1. The molecule has 1 aromatic carbocycles. The van der Waals surface area contributed by atoms with Gasteiger partial charge in [-0.25, -0.2) is 8.42 Å². The van der Waals surface area contributed by atoms with Crippen molar-refractivity contribution in [3.05, 3.63) is 48.4 Å². The van der Waals surface area contributed by atoms with Crippen molar-refractivity contribution in [1.82, 2.24) is 19.7 Å². The number of carbonyl (C=O) groups excluding carboxylic acids is 1. The Bertz CT molecular complexity index is 1190. The number of anilines is 1. The van der Waals surface area contributed by atoms with Gasteiger partial charge in [-0.15, -0.1) is 10.2 Å². The van der Waals surface area contributed by atoms with Gasteiger partial charge >= 0.3 is 0 Å². The highest BCUT2D eigenvalue weighted by atomic mass is 32.2. The van der Waals surface area contributed by atoms with Gasteiger partial charge in [-0.2, -0.15) is 0 Å². The molecule has 0 bridgehead atoms. The minimum Gasteiger partial charge on any atom is -0.467 e. The molecule has 1 amide bonds. The monoisotopic (exact) mass is 489 g/mol. The minimum absolute atomic E-state index is 0.109. The zero-order valence-corrected chi connectivity index (χ0v) is 20.2. The Balaban J connectivity index is 1.56. The van der Waals surface area contributed by atoms with Gasteiger partial charge in [0, 0.05) is 23.8 Å². The van der Waals surface area contributed by atoms with Crippen LogP contribution in [0.15, 0.2) is 52.2 Å². The second kappa shape index (κ2) is 10.0. The van der Waals surface area contributed by atoms with E-state index in [2.05, 4.69) is 21.8 Å². The maximum absolute atomic E-state index is 12.8. The van der Waals surface area contributed by atoms with Gasteiger partial charge in [0.1, 0.15) is 5.76 Å². The van der Waals surface area contributed by atoms with Crippen LogP contribution in [0.5, 0.6) is 0 Å². The fraction of sp³-hybridized carbons (Fsp3) is 0.409. The molecule has 0 spiro atoms. The Morgan fingerprint density at radius 2 is 2.00 bits per heavy atom. The first-order chi connectivity index (χ1) is 15.8. The molecule has 0 unspecified atom stereocenters. The summed E-state index contributed by atoms with van der Waals surface area (Å²) in [5.74, 6) is 1.75. The van der Waals surface area contributed by atoms with Crippen LogP contribution in [0.2, 0.25) is 0 Å². The molecule has 4 rings (SSSR count). The second-order valence-corrected chi connectivity index (χ2v) is 10.8. The third kappa shape index (κ3) is 5.97. The average Bonchev–Trinajstić information content (AvgIpc) is 3.42. The molecule has 1 atom stereocenters. The van der Waals surface area contributed by atoms with Crippen molar-refractivity contribution in [1.29, 1.82) is 0 Å². The lowest BCUT2D eigenvalue weighted by atomic mass is 10.0. The Kier molecular flexibility index (Phi) is 7.08. The quantitative estimate of drug-likeness (QED) is 0.483. The van der Waals surface area contributed by atoms with E-state index < -0.39 is 10.0 Å². The van der Waals surface area contributed by atoms with Gasteiger partial charge in [-0.1, -0.05) is 11.8 Å². The SMILES string of the molecule is C[C@@H]1CCCCN1C(=O)CSc1nnc(-c2ccc(NS(C)(=O)=O)cc2)n1Cc1ccco1. The summed E-state index contributed by atoms with van der Waals surface area (Å²) in [6, 6.07) is 10.9. The minimum atomic E-state index is -3.36. The molecule has 1 saturated heterocycles. The largest absolute Gasteiger partial charge is 0.467 e. The predicted molar refractivity (Wildman–Crippen MR) is 127 cm³/mol. The summed E-state index contributed by atoms with van der Waals surface area (Å²) in [5, 5.41) is 9.33. The van der Waals surface area contributed by atoms with Crippen LogP contribution in [-0.4, -0.2) is 58.6 Å². The Morgan fingerprint density at radius 1 is 1.21 bits per heavy atom. The number of furan rings is 1. The molecule has 176 valence electrons. The van der Waals surface area contributed by atoms with Crippen LogP contribution < -0.4 is 4.72 Å².